The topological polar surface area (TPSA) is 58.3 Å². The number of allylic oxidation sites excluding steroid dienone is 4. The summed E-state index contributed by atoms with van der Waals surface area (Å²) < 4.78 is 0.942. The molecule has 0 aromatic heterocycles. The van der Waals surface area contributed by atoms with Gasteiger partial charge in [0.15, 0.2) is 0 Å². The third-order valence-electron chi connectivity index (χ3n) is 3.10. The molecule has 3 nitrogen and oxygen atoms in total. The molecule has 1 unspecified atom stereocenters. The predicted molar refractivity (Wildman–Crippen MR) is 83.4 cm³/mol. The highest BCUT2D eigenvalue weighted by molar-refractivity contribution is 9.12. The summed E-state index contributed by atoms with van der Waals surface area (Å²) in [5, 5.41) is 13.2. The van der Waals surface area contributed by atoms with Crippen molar-refractivity contribution in [3.8, 4) is 5.75 Å². The van der Waals surface area contributed by atoms with Crippen LogP contribution in [0.1, 0.15) is 6.42 Å². The second-order valence-corrected chi connectivity index (χ2v) is 6.44. The monoisotopic (exact) mass is 336 g/mol. The van der Waals surface area contributed by atoms with Crippen LogP contribution in [0.15, 0.2) is 57.1 Å². The normalized spacial score (nSPS) is 21.7. The van der Waals surface area contributed by atoms with Gasteiger partial charge in [0, 0.05) is 20.8 Å². The lowest BCUT2D eigenvalue weighted by atomic mass is 10.1. The second kappa shape index (κ2) is 4.98. The van der Waals surface area contributed by atoms with E-state index in [-0.39, 0.29) is 5.37 Å². The maximum atomic E-state index is 9.51. The highest BCUT2D eigenvalue weighted by Gasteiger charge is 2.24. The van der Waals surface area contributed by atoms with Gasteiger partial charge in [0.1, 0.15) is 5.75 Å². The molecule has 0 spiro atoms. The minimum atomic E-state index is 0.190. The van der Waals surface area contributed by atoms with Gasteiger partial charge in [-0.05, 0) is 52.2 Å². The van der Waals surface area contributed by atoms with Gasteiger partial charge in [-0.25, -0.2) is 0 Å². The van der Waals surface area contributed by atoms with Gasteiger partial charge < -0.3 is 16.2 Å². The predicted octanol–water partition coefficient (Wildman–Crippen LogP) is 3.69. The van der Waals surface area contributed by atoms with Crippen LogP contribution in [0, 0.1) is 0 Å². The maximum Gasteiger partial charge on any atom is 0.116 e. The smallest absolute Gasteiger partial charge is 0.116 e. The van der Waals surface area contributed by atoms with Gasteiger partial charge in [-0.2, -0.15) is 0 Å². The lowest BCUT2D eigenvalue weighted by Crippen LogP contribution is -2.12. The van der Waals surface area contributed by atoms with E-state index in [9.17, 15) is 5.11 Å². The van der Waals surface area contributed by atoms with Crippen molar-refractivity contribution >= 4 is 33.4 Å². The van der Waals surface area contributed by atoms with Crippen LogP contribution in [-0.2, 0) is 0 Å². The number of nitrogens with two attached hydrogens (primary N) is 1. The molecule has 0 bridgehead atoms. The third-order valence-corrected chi connectivity index (χ3v) is 5.13. The van der Waals surface area contributed by atoms with Gasteiger partial charge in [-0.1, -0.05) is 23.9 Å². The van der Waals surface area contributed by atoms with Gasteiger partial charge in [0.25, 0.3) is 0 Å². The number of hydrogen-bond acceptors (Lipinski definition) is 4. The number of benzene rings is 1. The Morgan fingerprint density at radius 2 is 2.21 bits per heavy atom. The maximum absolute atomic E-state index is 9.51. The molecule has 1 aliphatic heterocycles. The summed E-state index contributed by atoms with van der Waals surface area (Å²) in [6, 6.07) is 5.40. The first kappa shape index (κ1) is 12.7. The molecule has 1 aromatic rings. The van der Waals surface area contributed by atoms with E-state index in [2.05, 4.69) is 33.4 Å². The zero-order chi connectivity index (χ0) is 13.4. The molecule has 0 saturated carbocycles. The molecule has 5 heteroatoms. The van der Waals surface area contributed by atoms with Gasteiger partial charge >= 0.3 is 0 Å². The molecule has 0 amide bonds. The zero-order valence-corrected chi connectivity index (χ0v) is 12.5. The number of halogens is 1. The van der Waals surface area contributed by atoms with Gasteiger partial charge in [-0.3, -0.25) is 0 Å². The summed E-state index contributed by atoms with van der Waals surface area (Å²) >= 11 is 5.17. The fraction of sp³-hybridized carbons (Fsp3) is 0.143. The molecular formula is C14H13BrN2OS. The van der Waals surface area contributed by atoms with Crippen molar-refractivity contribution in [1.82, 2.24) is 0 Å². The first-order chi connectivity index (χ1) is 9.13. The Morgan fingerprint density at radius 1 is 1.37 bits per heavy atom. The number of aromatic hydroxyl groups is 1. The minimum Gasteiger partial charge on any atom is -0.508 e. The minimum absolute atomic E-state index is 0.190. The van der Waals surface area contributed by atoms with E-state index in [0.717, 1.165) is 27.2 Å². The van der Waals surface area contributed by atoms with E-state index in [0.29, 0.717) is 5.75 Å². The van der Waals surface area contributed by atoms with Crippen molar-refractivity contribution in [2.75, 3.05) is 5.32 Å². The van der Waals surface area contributed by atoms with E-state index in [4.69, 9.17) is 5.73 Å². The van der Waals surface area contributed by atoms with E-state index in [1.165, 1.54) is 5.57 Å². The highest BCUT2D eigenvalue weighted by Crippen LogP contribution is 2.43. The van der Waals surface area contributed by atoms with Crippen molar-refractivity contribution in [2.24, 2.45) is 5.73 Å². The van der Waals surface area contributed by atoms with Gasteiger partial charge in [0.2, 0.25) is 0 Å². The molecule has 4 N–H and O–H groups in total. The lowest BCUT2D eigenvalue weighted by molar-refractivity contribution is 0.474. The molecule has 0 radical (unpaired) electrons. The number of nitrogens with one attached hydrogen (secondary N) is 1. The zero-order valence-electron chi connectivity index (χ0n) is 10.1. The van der Waals surface area contributed by atoms with E-state index in [1.807, 2.05) is 12.1 Å². The van der Waals surface area contributed by atoms with Crippen LogP contribution in [0.2, 0.25) is 0 Å². The first-order valence-corrected chi connectivity index (χ1v) is 7.59. The van der Waals surface area contributed by atoms with Crippen molar-refractivity contribution in [3.05, 3.63) is 52.2 Å². The van der Waals surface area contributed by atoms with Crippen LogP contribution in [0.4, 0.5) is 5.69 Å². The number of fused-ring (bicyclic) bond motifs is 1. The first-order valence-electron chi connectivity index (χ1n) is 5.92. The fourth-order valence-electron chi connectivity index (χ4n) is 2.06. The summed E-state index contributed by atoms with van der Waals surface area (Å²) in [6.45, 7) is 0. The van der Waals surface area contributed by atoms with Crippen LogP contribution in [0.5, 0.6) is 5.75 Å². The van der Waals surface area contributed by atoms with Crippen LogP contribution >= 0.6 is 27.7 Å². The highest BCUT2D eigenvalue weighted by atomic mass is 79.9. The van der Waals surface area contributed by atoms with Crippen LogP contribution < -0.4 is 11.1 Å². The van der Waals surface area contributed by atoms with Crippen molar-refractivity contribution in [1.29, 1.82) is 0 Å². The Labute approximate surface area is 124 Å². The average molecular weight is 337 g/mol. The summed E-state index contributed by atoms with van der Waals surface area (Å²) in [6.07, 6.45) is 6.91. The molecule has 2 aliphatic rings. The Balaban J connectivity index is 1.84. The number of hydrogen-bond donors (Lipinski definition) is 3. The molecule has 1 aliphatic carbocycles. The van der Waals surface area contributed by atoms with Crippen LogP contribution in [0.3, 0.4) is 0 Å². The summed E-state index contributed by atoms with van der Waals surface area (Å²) in [5.41, 5.74) is 8.96. The Hall–Kier alpha value is -1.33. The number of thioether (sulfide) groups is 1. The Bertz CT molecular complexity index is 622. The largest absolute Gasteiger partial charge is 0.508 e. The quantitative estimate of drug-likeness (QED) is 0.684. The fourth-order valence-corrected chi connectivity index (χ4v) is 3.56. The molecule has 0 saturated heterocycles. The van der Waals surface area contributed by atoms with E-state index < -0.39 is 0 Å². The van der Waals surface area contributed by atoms with Crippen molar-refractivity contribution in [2.45, 2.75) is 16.7 Å². The molecule has 1 atom stereocenters. The molecular weight excluding hydrogens is 324 g/mol. The molecule has 0 fully saturated rings. The van der Waals surface area contributed by atoms with Crippen LogP contribution in [0.25, 0.3) is 0 Å². The molecule has 1 heterocycles. The van der Waals surface area contributed by atoms with Gasteiger partial charge in [0.05, 0.1) is 5.37 Å². The Morgan fingerprint density at radius 3 is 3.05 bits per heavy atom. The number of phenolic OH excluding ortho intramolecular Hbond substituents is 1. The molecule has 1 aromatic carbocycles. The summed E-state index contributed by atoms with van der Waals surface area (Å²) in [5.74, 6) is 0.301. The molecule has 19 heavy (non-hydrogen) atoms. The molecule has 98 valence electrons. The van der Waals surface area contributed by atoms with E-state index >= 15 is 0 Å². The average Bonchev–Trinajstić information content (AvgIpc) is 2.72. The summed E-state index contributed by atoms with van der Waals surface area (Å²) in [4.78, 5) is 1.08. The van der Waals surface area contributed by atoms with Crippen LogP contribution in [-0.4, -0.2) is 10.5 Å². The third kappa shape index (κ3) is 2.53. The standard InChI is InChI=1S/C14H13BrN2OS/c15-10-4-1-8(2-5-11(10)16)14-17-12-6-3-9(18)7-13(12)19-14/h2-7,14,17-18H,1,16H2. The number of phenols is 1. The van der Waals surface area contributed by atoms with Crippen molar-refractivity contribution in [3.63, 3.8) is 0 Å². The Kier molecular flexibility index (Phi) is 3.33. The van der Waals surface area contributed by atoms with E-state index in [1.54, 1.807) is 23.9 Å². The SMILES string of the molecule is NC1=CC=C(C2Nc3ccc(O)cc3S2)CC=C1Br. The number of rotatable bonds is 1. The molecule has 3 rings (SSSR count). The second-order valence-electron chi connectivity index (χ2n) is 4.44. The van der Waals surface area contributed by atoms with Gasteiger partial charge in [-0.15, -0.1) is 0 Å². The summed E-state index contributed by atoms with van der Waals surface area (Å²) in [7, 11) is 0. The lowest BCUT2D eigenvalue weighted by Gasteiger charge is -2.12. The van der Waals surface area contributed by atoms with Crippen molar-refractivity contribution < 1.29 is 5.11 Å². The number of anilines is 1.